The van der Waals surface area contributed by atoms with Gasteiger partial charge >= 0.3 is 5.97 Å². The second-order valence-corrected chi connectivity index (χ2v) is 8.90. The highest BCUT2D eigenvalue weighted by Crippen LogP contribution is 2.46. The predicted octanol–water partition coefficient (Wildman–Crippen LogP) is 5.08. The zero-order chi connectivity index (χ0) is 16.9. The van der Waals surface area contributed by atoms with Gasteiger partial charge < -0.3 is 9.47 Å². The van der Waals surface area contributed by atoms with E-state index >= 15 is 0 Å². The van der Waals surface area contributed by atoms with E-state index in [1.165, 1.54) is 17.1 Å². The van der Waals surface area contributed by atoms with E-state index in [2.05, 4.69) is 15.9 Å². The molecule has 126 valence electrons. The normalized spacial score (nSPS) is 14.6. The van der Waals surface area contributed by atoms with Crippen molar-refractivity contribution in [3.63, 3.8) is 0 Å². The van der Waals surface area contributed by atoms with Crippen LogP contribution in [0, 0.1) is 0 Å². The Morgan fingerprint density at radius 2 is 1.83 bits per heavy atom. The Bertz CT molecular complexity index is 713. The molecule has 1 fully saturated rings. The van der Waals surface area contributed by atoms with Crippen molar-refractivity contribution in [2.45, 2.75) is 11.0 Å². The first-order valence-electron chi connectivity index (χ1n) is 7.52. The van der Waals surface area contributed by atoms with Gasteiger partial charge in [-0.25, -0.2) is 0 Å². The lowest BCUT2D eigenvalue weighted by Crippen LogP contribution is -2.12. The topological polar surface area (TPSA) is 35.5 Å². The van der Waals surface area contributed by atoms with Gasteiger partial charge in [0.25, 0.3) is 0 Å². The second-order valence-electron chi connectivity index (χ2n) is 5.26. The first kappa shape index (κ1) is 17.7. The highest BCUT2D eigenvalue weighted by Gasteiger charge is 2.20. The lowest BCUT2D eigenvalue weighted by molar-refractivity contribution is -0.133. The molecule has 0 aromatic heterocycles. The smallest absolute Gasteiger partial charge is 0.315 e. The summed E-state index contributed by atoms with van der Waals surface area (Å²) in [6.07, 6.45) is 0.229. The van der Waals surface area contributed by atoms with Crippen LogP contribution in [0.2, 0.25) is 0 Å². The van der Waals surface area contributed by atoms with Crippen LogP contribution in [-0.4, -0.2) is 24.6 Å². The third-order valence-electron chi connectivity index (χ3n) is 3.57. The van der Waals surface area contributed by atoms with Crippen LogP contribution >= 0.6 is 39.5 Å². The van der Waals surface area contributed by atoms with Crippen molar-refractivity contribution in [3.8, 4) is 11.5 Å². The number of rotatable bonds is 5. The van der Waals surface area contributed by atoms with Crippen LogP contribution in [0.1, 0.15) is 15.7 Å². The Balaban J connectivity index is 1.69. The van der Waals surface area contributed by atoms with Crippen molar-refractivity contribution >= 4 is 45.4 Å². The monoisotopic (exact) mass is 424 g/mol. The third kappa shape index (κ3) is 4.49. The summed E-state index contributed by atoms with van der Waals surface area (Å²) in [6.45, 7) is 0. The highest BCUT2D eigenvalue weighted by atomic mass is 79.9. The number of hydrogen-bond donors (Lipinski definition) is 0. The van der Waals surface area contributed by atoms with Crippen LogP contribution in [0.25, 0.3) is 0 Å². The number of halogens is 1. The standard InChI is InChI=1S/C18H17BrO3S2/c1-21-16-11-13(18-23-8-9-24-18)4-7-15(16)22-17(20)10-12-2-5-14(19)6-3-12/h2-7,11,18H,8-10H2,1H3. The fraction of sp³-hybridized carbons (Fsp3) is 0.278. The van der Waals surface area contributed by atoms with Gasteiger partial charge in [-0.15, -0.1) is 23.5 Å². The molecule has 3 nitrogen and oxygen atoms in total. The summed E-state index contributed by atoms with van der Waals surface area (Å²) in [6, 6.07) is 13.4. The molecule has 0 bridgehead atoms. The van der Waals surface area contributed by atoms with Crippen LogP contribution in [-0.2, 0) is 11.2 Å². The molecule has 1 aliphatic rings. The van der Waals surface area contributed by atoms with E-state index in [-0.39, 0.29) is 12.4 Å². The van der Waals surface area contributed by atoms with Crippen LogP contribution in [0.4, 0.5) is 0 Å². The minimum atomic E-state index is -0.298. The summed E-state index contributed by atoms with van der Waals surface area (Å²) in [4.78, 5) is 12.2. The Hall–Kier alpha value is -1.11. The fourth-order valence-corrected chi connectivity index (χ4v) is 5.50. The quantitative estimate of drug-likeness (QED) is 0.493. The number of hydrogen-bond acceptors (Lipinski definition) is 5. The summed E-state index contributed by atoms with van der Waals surface area (Å²) >= 11 is 7.25. The zero-order valence-corrected chi connectivity index (χ0v) is 16.4. The summed E-state index contributed by atoms with van der Waals surface area (Å²) in [5.74, 6) is 3.11. The maximum atomic E-state index is 12.2. The second kappa shape index (κ2) is 8.32. The number of methoxy groups -OCH3 is 1. The van der Waals surface area contributed by atoms with Gasteiger partial charge in [0.2, 0.25) is 0 Å². The molecular formula is C18H17BrO3S2. The van der Waals surface area contributed by atoms with Gasteiger partial charge in [0.15, 0.2) is 11.5 Å². The molecule has 2 aromatic rings. The lowest BCUT2D eigenvalue weighted by Gasteiger charge is -2.13. The SMILES string of the molecule is COc1cc(C2SCCS2)ccc1OC(=O)Cc1ccc(Br)cc1. The van der Waals surface area contributed by atoms with Gasteiger partial charge in [0.1, 0.15) is 0 Å². The average Bonchev–Trinajstić information content (AvgIpc) is 3.12. The molecule has 2 aromatic carbocycles. The number of carbonyl (C=O) groups excluding carboxylic acids is 1. The fourth-order valence-electron chi connectivity index (χ4n) is 2.39. The lowest BCUT2D eigenvalue weighted by atomic mass is 10.1. The molecule has 3 rings (SSSR count). The highest BCUT2D eigenvalue weighted by molar-refractivity contribution is 9.10. The third-order valence-corrected chi connectivity index (χ3v) is 7.20. The van der Waals surface area contributed by atoms with Gasteiger partial charge in [-0.3, -0.25) is 4.79 Å². The van der Waals surface area contributed by atoms with Crippen molar-refractivity contribution < 1.29 is 14.3 Å². The van der Waals surface area contributed by atoms with Crippen molar-refractivity contribution in [1.82, 2.24) is 0 Å². The molecule has 1 saturated heterocycles. The summed E-state index contributed by atoms with van der Waals surface area (Å²) in [7, 11) is 1.60. The summed E-state index contributed by atoms with van der Waals surface area (Å²) < 4.78 is 12.3. The van der Waals surface area contributed by atoms with Crippen molar-refractivity contribution in [2.24, 2.45) is 0 Å². The number of carbonyl (C=O) groups is 1. The molecule has 1 heterocycles. The first-order chi connectivity index (χ1) is 11.7. The number of benzene rings is 2. The molecule has 0 saturated carbocycles. The van der Waals surface area contributed by atoms with E-state index in [1.807, 2.05) is 66.0 Å². The van der Waals surface area contributed by atoms with E-state index in [9.17, 15) is 4.79 Å². The van der Waals surface area contributed by atoms with Gasteiger partial charge in [0.05, 0.1) is 18.1 Å². The largest absolute Gasteiger partial charge is 0.493 e. The molecule has 0 radical (unpaired) electrons. The van der Waals surface area contributed by atoms with Crippen molar-refractivity contribution in [3.05, 3.63) is 58.1 Å². The van der Waals surface area contributed by atoms with Crippen LogP contribution in [0.15, 0.2) is 46.9 Å². The van der Waals surface area contributed by atoms with Crippen LogP contribution in [0.3, 0.4) is 0 Å². The predicted molar refractivity (Wildman–Crippen MR) is 104 cm³/mol. The Morgan fingerprint density at radius 3 is 2.50 bits per heavy atom. The van der Waals surface area contributed by atoms with E-state index in [1.54, 1.807) is 7.11 Å². The molecule has 0 spiro atoms. The van der Waals surface area contributed by atoms with Gasteiger partial charge in [-0.2, -0.15) is 0 Å². The first-order valence-corrected chi connectivity index (χ1v) is 10.4. The van der Waals surface area contributed by atoms with Crippen LogP contribution in [0.5, 0.6) is 11.5 Å². The van der Waals surface area contributed by atoms with Crippen molar-refractivity contribution in [1.29, 1.82) is 0 Å². The summed E-state index contributed by atoms with van der Waals surface area (Å²) in [5.41, 5.74) is 2.12. The number of esters is 1. The molecule has 24 heavy (non-hydrogen) atoms. The molecule has 0 atom stereocenters. The Labute approximate surface area is 158 Å². The van der Waals surface area contributed by atoms with E-state index in [0.717, 1.165) is 10.0 Å². The van der Waals surface area contributed by atoms with Gasteiger partial charge in [-0.1, -0.05) is 34.1 Å². The van der Waals surface area contributed by atoms with Crippen LogP contribution < -0.4 is 9.47 Å². The molecule has 1 aliphatic heterocycles. The van der Waals surface area contributed by atoms with E-state index < -0.39 is 0 Å². The van der Waals surface area contributed by atoms with Crippen molar-refractivity contribution in [2.75, 3.05) is 18.6 Å². The molecule has 0 N–H and O–H groups in total. The Morgan fingerprint density at radius 1 is 1.12 bits per heavy atom. The van der Waals surface area contributed by atoms with E-state index in [0.29, 0.717) is 16.1 Å². The maximum Gasteiger partial charge on any atom is 0.315 e. The van der Waals surface area contributed by atoms with Gasteiger partial charge in [-0.05, 0) is 35.4 Å². The molecular weight excluding hydrogens is 408 g/mol. The maximum absolute atomic E-state index is 12.2. The average molecular weight is 425 g/mol. The molecule has 0 unspecified atom stereocenters. The summed E-state index contributed by atoms with van der Waals surface area (Å²) in [5, 5.41) is 0. The number of thioether (sulfide) groups is 2. The number of ether oxygens (including phenoxy) is 2. The minimum Gasteiger partial charge on any atom is -0.493 e. The molecule has 6 heteroatoms. The zero-order valence-electron chi connectivity index (χ0n) is 13.2. The Kier molecular flexibility index (Phi) is 6.14. The van der Waals surface area contributed by atoms with Gasteiger partial charge in [0, 0.05) is 16.0 Å². The van der Waals surface area contributed by atoms with E-state index in [4.69, 9.17) is 9.47 Å². The minimum absolute atomic E-state index is 0.229. The molecule has 0 amide bonds. The molecule has 0 aliphatic carbocycles.